The van der Waals surface area contributed by atoms with E-state index >= 15 is 0 Å². The van der Waals surface area contributed by atoms with Gasteiger partial charge in [-0.1, -0.05) is 112 Å². The van der Waals surface area contributed by atoms with Crippen molar-refractivity contribution in [1.82, 2.24) is 0 Å². The van der Waals surface area contributed by atoms with Crippen LogP contribution in [0.4, 0.5) is 39.8 Å². The van der Waals surface area contributed by atoms with E-state index in [0.29, 0.717) is 5.41 Å². The number of para-hydroxylation sites is 1. The lowest BCUT2D eigenvalue weighted by molar-refractivity contribution is -0.385. The molecular weight excluding hydrogens is 725 g/mol. The van der Waals surface area contributed by atoms with Crippen molar-refractivity contribution in [2.24, 2.45) is 23.2 Å². The summed E-state index contributed by atoms with van der Waals surface area (Å²) in [5, 5.41) is 0. The Morgan fingerprint density at radius 1 is 0.500 bits per heavy atom. The van der Waals surface area contributed by atoms with E-state index in [-0.39, 0.29) is 28.6 Å². The Morgan fingerprint density at radius 2 is 1.17 bits per heavy atom. The lowest BCUT2D eigenvalue weighted by atomic mass is 9.15. The van der Waals surface area contributed by atoms with Crippen molar-refractivity contribution in [3.05, 3.63) is 144 Å². The van der Waals surface area contributed by atoms with Crippen LogP contribution >= 0.6 is 0 Å². The fraction of sp³-hybridized carbons (Fsp3) is 0.357. The number of fused-ring (bicyclic) bond motifs is 3. The van der Waals surface area contributed by atoms with Crippen molar-refractivity contribution in [3.8, 4) is 11.1 Å². The van der Waals surface area contributed by atoms with Gasteiger partial charge < -0.3 is 14.7 Å². The first-order chi connectivity index (χ1) is 29.2. The van der Waals surface area contributed by atoms with Crippen LogP contribution in [0.5, 0.6) is 0 Å². The summed E-state index contributed by atoms with van der Waals surface area (Å²) in [6, 6.07) is 50.0. The number of nitrogens with zero attached hydrogens (tertiary/aromatic N) is 3. The largest absolute Gasteiger partial charge is 0.335 e. The predicted molar refractivity (Wildman–Crippen MR) is 249 cm³/mol. The normalized spacial score (nSPS) is 32.9. The quantitative estimate of drug-likeness (QED) is 0.165. The lowest BCUT2D eigenvalue weighted by Gasteiger charge is -2.92. The molecule has 0 amide bonds. The fourth-order valence-electron chi connectivity index (χ4n) is 17.0. The Balaban J connectivity index is 1.04. The van der Waals surface area contributed by atoms with Gasteiger partial charge in [0.05, 0.1) is 11.1 Å². The summed E-state index contributed by atoms with van der Waals surface area (Å²) < 4.78 is 0. The third kappa shape index (κ3) is 3.38. The fourth-order valence-corrected chi connectivity index (χ4v) is 17.0. The Morgan fingerprint density at radius 3 is 1.88 bits per heavy atom. The lowest BCUT2D eigenvalue weighted by Crippen LogP contribution is -2.93. The molecule has 0 aromatic heterocycles. The standard InChI is InChI=1S/C56H52BN3/c1-52(2)41-19-13-21-45-49(41)57-50-42(52)20-14-22-46(50)60(55-32-37-28-36-29-38(33-55)56(36,37)55)48-31-40(30-47(51(48)57)58(45)39-17-9-6-10-18-39)59-44-24-23-35(34-15-7-5-8-16-34)27-43(44)53(3)25-11-12-26-54(53,59)4/h5-10,13-24,27,30-31,36-38H,11-12,25-26,28-29,32-33H2,1-4H3. The third-order valence-electron chi connectivity index (χ3n) is 19.5. The summed E-state index contributed by atoms with van der Waals surface area (Å²) in [4.78, 5) is 8.61. The van der Waals surface area contributed by atoms with Crippen molar-refractivity contribution in [1.29, 1.82) is 0 Å². The average Bonchev–Trinajstić information content (AvgIpc) is 3.45. The molecule has 15 rings (SSSR count). The zero-order valence-electron chi connectivity index (χ0n) is 35.4. The first-order valence-electron chi connectivity index (χ1n) is 23.3. The molecule has 0 N–H and O–H groups in total. The molecule has 9 aliphatic rings. The van der Waals surface area contributed by atoms with Crippen LogP contribution in [-0.2, 0) is 10.8 Å². The number of rotatable bonds is 4. The van der Waals surface area contributed by atoms with Crippen molar-refractivity contribution in [2.45, 2.75) is 101 Å². The molecule has 5 aliphatic carbocycles. The predicted octanol–water partition coefficient (Wildman–Crippen LogP) is 11.7. The molecule has 4 aliphatic heterocycles. The minimum Gasteiger partial charge on any atom is -0.335 e. The van der Waals surface area contributed by atoms with Gasteiger partial charge in [0.15, 0.2) is 0 Å². The number of benzene rings is 6. The minimum atomic E-state index is -0.107. The molecule has 4 unspecified atom stereocenters. The SMILES string of the molecule is CC1(C)c2cccc3c2B2c4c(cc(N5c6ccc(-c7ccccc7)cc6C6(C)CCCCC56C)cc4N(C45CC6CC7CC(C4)C765)c4cccc1c42)N3c1ccccc1. The average molecular weight is 778 g/mol. The first-order valence-corrected chi connectivity index (χ1v) is 23.3. The zero-order valence-corrected chi connectivity index (χ0v) is 35.4. The molecule has 3 nitrogen and oxygen atoms in total. The molecule has 1 spiro atoms. The number of hydrogen-bond acceptors (Lipinski definition) is 3. The van der Waals surface area contributed by atoms with Gasteiger partial charge in [-0.2, -0.15) is 0 Å². The number of anilines is 7. The Bertz CT molecular complexity index is 2890. The van der Waals surface area contributed by atoms with E-state index in [1.54, 1.807) is 10.9 Å². The van der Waals surface area contributed by atoms with Gasteiger partial charge in [-0.25, -0.2) is 0 Å². The van der Waals surface area contributed by atoms with E-state index in [1.165, 1.54) is 124 Å². The van der Waals surface area contributed by atoms with Gasteiger partial charge in [-0.3, -0.25) is 0 Å². The molecule has 5 fully saturated rings. The van der Waals surface area contributed by atoms with Gasteiger partial charge in [0, 0.05) is 56.1 Å². The molecule has 0 bridgehead atoms. The summed E-state index contributed by atoms with van der Waals surface area (Å²) in [7, 11) is 0. The second-order valence-corrected chi connectivity index (χ2v) is 21.6. The maximum absolute atomic E-state index is 3.05. The van der Waals surface area contributed by atoms with Crippen molar-refractivity contribution in [3.63, 3.8) is 0 Å². The van der Waals surface area contributed by atoms with Crippen LogP contribution < -0.4 is 31.1 Å². The molecule has 4 heteroatoms. The molecular formula is C56H52BN3. The van der Waals surface area contributed by atoms with E-state index in [1.807, 2.05) is 0 Å². The van der Waals surface area contributed by atoms with Crippen LogP contribution in [0.25, 0.3) is 11.1 Å². The van der Waals surface area contributed by atoms with Crippen molar-refractivity contribution < 1.29 is 0 Å². The maximum atomic E-state index is 3.05. The van der Waals surface area contributed by atoms with Gasteiger partial charge in [0.1, 0.15) is 0 Å². The van der Waals surface area contributed by atoms with Gasteiger partial charge in [-0.15, -0.1) is 0 Å². The zero-order chi connectivity index (χ0) is 39.7. The Hall–Kier alpha value is -5.22. The summed E-state index contributed by atoms with van der Waals surface area (Å²) in [5.74, 6) is 2.76. The maximum Gasteiger partial charge on any atom is 0.252 e. The second-order valence-electron chi connectivity index (χ2n) is 21.6. The monoisotopic (exact) mass is 777 g/mol. The molecule has 4 heterocycles. The molecule has 5 saturated carbocycles. The van der Waals surface area contributed by atoms with E-state index in [4.69, 9.17) is 0 Å². The summed E-state index contributed by atoms with van der Waals surface area (Å²) in [5.41, 5.74) is 22.2. The van der Waals surface area contributed by atoms with E-state index < -0.39 is 0 Å². The van der Waals surface area contributed by atoms with Crippen LogP contribution in [0.3, 0.4) is 0 Å². The molecule has 6 aromatic carbocycles. The second kappa shape index (κ2) is 10.4. The van der Waals surface area contributed by atoms with Crippen LogP contribution in [0, 0.1) is 23.2 Å². The topological polar surface area (TPSA) is 9.72 Å². The van der Waals surface area contributed by atoms with Gasteiger partial charge >= 0.3 is 0 Å². The Labute approximate surface area is 355 Å². The van der Waals surface area contributed by atoms with E-state index in [0.717, 1.165) is 17.8 Å². The summed E-state index contributed by atoms with van der Waals surface area (Å²) >= 11 is 0. The highest BCUT2D eigenvalue weighted by atomic mass is 15.3. The Kier molecular flexibility index (Phi) is 5.83. The highest BCUT2D eigenvalue weighted by molar-refractivity contribution is 7.01. The van der Waals surface area contributed by atoms with Crippen LogP contribution in [0.2, 0.25) is 0 Å². The first kappa shape index (κ1) is 33.5. The van der Waals surface area contributed by atoms with Gasteiger partial charge in [-0.05, 0) is 156 Å². The van der Waals surface area contributed by atoms with Crippen LogP contribution in [0.15, 0.2) is 127 Å². The molecule has 6 aromatic rings. The summed E-state index contributed by atoms with van der Waals surface area (Å²) in [6.45, 7) is 10.4. The molecule has 294 valence electrons. The van der Waals surface area contributed by atoms with Crippen molar-refractivity contribution in [2.75, 3.05) is 14.7 Å². The van der Waals surface area contributed by atoms with Crippen molar-refractivity contribution >= 4 is 62.9 Å². The number of hydrogen-bond donors (Lipinski definition) is 0. The van der Waals surface area contributed by atoms with Gasteiger partial charge in [0.2, 0.25) is 0 Å². The van der Waals surface area contributed by atoms with Gasteiger partial charge in [0.25, 0.3) is 6.71 Å². The van der Waals surface area contributed by atoms with E-state index in [2.05, 4.69) is 170 Å². The minimum absolute atomic E-state index is 0.0282. The van der Waals surface area contributed by atoms with Crippen LogP contribution in [0.1, 0.15) is 95.8 Å². The smallest absolute Gasteiger partial charge is 0.252 e. The summed E-state index contributed by atoms with van der Waals surface area (Å²) in [6.07, 6.45) is 10.6. The molecule has 0 radical (unpaired) electrons. The highest BCUT2D eigenvalue weighted by Crippen LogP contribution is 2.91. The van der Waals surface area contributed by atoms with E-state index in [9.17, 15) is 0 Å². The molecule has 60 heavy (non-hydrogen) atoms. The molecule has 4 atom stereocenters. The third-order valence-corrected chi connectivity index (χ3v) is 19.5. The highest BCUT2D eigenvalue weighted by Gasteiger charge is 2.89. The van der Waals surface area contributed by atoms with Crippen LogP contribution in [-0.4, -0.2) is 17.8 Å². The molecule has 0 saturated heterocycles.